The maximum absolute atomic E-state index is 10.8. The zero-order valence-electron chi connectivity index (χ0n) is 8.65. The lowest BCUT2D eigenvalue weighted by molar-refractivity contribution is 0.112. The maximum Gasteiger partial charge on any atom is 0.153 e. The molecule has 0 fully saturated rings. The Morgan fingerprint density at radius 1 is 1.06 bits per heavy atom. The molecule has 0 unspecified atom stereocenters. The summed E-state index contributed by atoms with van der Waals surface area (Å²) >= 11 is 11.6. The quantitative estimate of drug-likeness (QED) is 0.676. The van der Waals surface area contributed by atoms with Gasteiger partial charge in [0, 0.05) is 10.7 Å². The van der Waals surface area contributed by atoms with Crippen LogP contribution in [0.5, 0.6) is 0 Å². The number of pyridine rings is 1. The Morgan fingerprint density at radius 2 is 1.76 bits per heavy atom. The van der Waals surface area contributed by atoms with E-state index in [9.17, 15) is 4.79 Å². The Morgan fingerprint density at radius 3 is 2.41 bits per heavy atom. The number of hydrogen-bond donors (Lipinski definition) is 1. The van der Waals surface area contributed by atoms with Crippen molar-refractivity contribution in [3.8, 4) is 0 Å². The lowest BCUT2D eigenvalue weighted by atomic mass is 10.2. The molecule has 1 heterocycles. The van der Waals surface area contributed by atoms with Gasteiger partial charge in [-0.25, -0.2) is 4.98 Å². The number of benzene rings is 1. The number of aromatic nitrogens is 1. The van der Waals surface area contributed by atoms with E-state index in [1.807, 2.05) is 0 Å². The smallest absolute Gasteiger partial charge is 0.153 e. The molecule has 0 saturated carbocycles. The molecule has 5 heteroatoms. The molecule has 1 N–H and O–H groups in total. The van der Waals surface area contributed by atoms with Crippen LogP contribution in [0.3, 0.4) is 0 Å². The SMILES string of the molecule is O=Cc1ccc(Cl)nc1Nc1ccc(Cl)cc1. The van der Waals surface area contributed by atoms with Gasteiger partial charge in [0.1, 0.15) is 11.0 Å². The normalized spacial score (nSPS) is 10.0. The fraction of sp³-hybridized carbons (Fsp3) is 0. The van der Waals surface area contributed by atoms with Crippen LogP contribution in [0.1, 0.15) is 10.4 Å². The number of halogens is 2. The molecule has 3 nitrogen and oxygen atoms in total. The van der Waals surface area contributed by atoms with E-state index in [4.69, 9.17) is 23.2 Å². The topological polar surface area (TPSA) is 42.0 Å². The summed E-state index contributed by atoms with van der Waals surface area (Å²) in [5.41, 5.74) is 1.23. The molecule has 1 aromatic carbocycles. The highest BCUT2D eigenvalue weighted by Crippen LogP contribution is 2.21. The van der Waals surface area contributed by atoms with E-state index in [0.717, 1.165) is 12.0 Å². The zero-order chi connectivity index (χ0) is 12.3. The van der Waals surface area contributed by atoms with Crippen LogP contribution in [0.15, 0.2) is 36.4 Å². The first kappa shape index (κ1) is 11.9. The number of aldehydes is 1. The molecule has 0 spiro atoms. The fourth-order valence-electron chi connectivity index (χ4n) is 1.31. The van der Waals surface area contributed by atoms with Crippen LogP contribution < -0.4 is 5.32 Å². The lowest BCUT2D eigenvalue weighted by Gasteiger charge is -2.07. The van der Waals surface area contributed by atoms with Gasteiger partial charge < -0.3 is 5.32 Å². The van der Waals surface area contributed by atoms with E-state index in [2.05, 4.69) is 10.3 Å². The Labute approximate surface area is 108 Å². The second kappa shape index (κ2) is 5.17. The van der Waals surface area contributed by atoms with Crippen molar-refractivity contribution < 1.29 is 4.79 Å². The van der Waals surface area contributed by atoms with E-state index in [0.29, 0.717) is 21.6 Å². The Kier molecular flexibility index (Phi) is 3.61. The number of rotatable bonds is 3. The van der Waals surface area contributed by atoms with Crippen molar-refractivity contribution in [1.29, 1.82) is 0 Å². The van der Waals surface area contributed by atoms with E-state index < -0.39 is 0 Å². The largest absolute Gasteiger partial charge is 0.340 e. The number of hydrogen-bond acceptors (Lipinski definition) is 3. The lowest BCUT2D eigenvalue weighted by Crippen LogP contribution is -1.98. The molecule has 86 valence electrons. The van der Waals surface area contributed by atoms with Gasteiger partial charge in [-0.1, -0.05) is 23.2 Å². The number of nitrogens with one attached hydrogen (secondary N) is 1. The minimum atomic E-state index is 0.326. The molecule has 0 aliphatic heterocycles. The van der Waals surface area contributed by atoms with Gasteiger partial charge in [0.2, 0.25) is 0 Å². The van der Waals surface area contributed by atoms with Gasteiger partial charge in [-0.2, -0.15) is 0 Å². The number of carbonyl (C=O) groups excluding carboxylic acids is 1. The van der Waals surface area contributed by atoms with Crippen LogP contribution in [0.2, 0.25) is 10.2 Å². The van der Waals surface area contributed by atoms with Crippen LogP contribution in [0.4, 0.5) is 11.5 Å². The second-order valence-electron chi connectivity index (χ2n) is 3.32. The van der Waals surface area contributed by atoms with Crippen LogP contribution in [-0.2, 0) is 0 Å². The summed E-state index contributed by atoms with van der Waals surface area (Å²) in [5, 5.41) is 3.98. The molecule has 0 aliphatic carbocycles. The molecule has 0 amide bonds. The van der Waals surface area contributed by atoms with Gasteiger partial charge in [-0.05, 0) is 36.4 Å². The molecule has 0 aliphatic rings. The van der Waals surface area contributed by atoms with Crippen molar-refractivity contribution in [3.05, 3.63) is 52.1 Å². The summed E-state index contributed by atoms with van der Waals surface area (Å²) in [5.74, 6) is 0.426. The molecular weight excluding hydrogens is 259 g/mol. The van der Waals surface area contributed by atoms with Crippen molar-refractivity contribution in [3.63, 3.8) is 0 Å². The average molecular weight is 267 g/mol. The third-order valence-corrected chi connectivity index (χ3v) is 2.59. The summed E-state index contributed by atoms with van der Waals surface area (Å²) in [6.45, 7) is 0. The first-order chi connectivity index (χ1) is 8.19. The molecule has 1 aromatic heterocycles. The Balaban J connectivity index is 2.31. The summed E-state index contributed by atoms with van der Waals surface area (Å²) in [7, 11) is 0. The number of nitrogens with zero attached hydrogens (tertiary/aromatic N) is 1. The average Bonchev–Trinajstić information content (AvgIpc) is 2.32. The van der Waals surface area contributed by atoms with E-state index in [-0.39, 0.29) is 0 Å². The first-order valence-electron chi connectivity index (χ1n) is 4.83. The minimum absolute atomic E-state index is 0.326. The Hall–Kier alpha value is -1.58. The highest BCUT2D eigenvalue weighted by atomic mass is 35.5. The van der Waals surface area contributed by atoms with Gasteiger partial charge in [0.15, 0.2) is 6.29 Å². The van der Waals surface area contributed by atoms with Crippen LogP contribution in [-0.4, -0.2) is 11.3 Å². The predicted molar refractivity (Wildman–Crippen MR) is 69.4 cm³/mol. The van der Waals surface area contributed by atoms with Crippen LogP contribution in [0.25, 0.3) is 0 Å². The van der Waals surface area contributed by atoms with E-state index in [1.54, 1.807) is 36.4 Å². The molecule has 2 aromatic rings. The standard InChI is InChI=1S/C12H8Cl2N2O/c13-9-2-4-10(5-3-9)15-12-8(7-17)1-6-11(14)16-12/h1-7H,(H,15,16). The highest BCUT2D eigenvalue weighted by molar-refractivity contribution is 6.30. The van der Waals surface area contributed by atoms with Gasteiger partial charge in [0.25, 0.3) is 0 Å². The highest BCUT2D eigenvalue weighted by Gasteiger charge is 2.04. The fourth-order valence-corrected chi connectivity index (χ4v) is 1.58. The van der Waals surface area contributed by atoms with Crippen LogP contribution >= 0.6 is 23.2 Å². The minimum Gasteiger partial charge on any atom is -0.340 e. The molecule has 17 heavy (non-hydrogen) atoms. The zero-order valence-corrected chi connectivity index (χ0v) is 10.2. The third-order valence-electron chi connectivity index (χ3n) is 2.13. The van der Waals surface area contributed by atoms with E-state index in [1.165, 1.54) is 0 Å². The molecule has 0 bridgehead atoms. The van der Waals surface area contributed by atoms with Crippen molar-refractivity contribution in [1.82, 2.24) is 4.98 Å². The summed E-state index contributed by atoms with van der Waals surface area (Å²) in [4.78, 5) is 14.9. The molecule has 2 rings (SSSR count). The van der Waals surface area contributed by atoms with Crippen LogP contribution in [0, 0.1) is 0 Å². The Bertz CT molecular complexity index is 541. The summed E-state index contributed by atoms with van der Waals surface area (Å²) in [6, 6.07) is 10.3. The summed E-state index contributed by atoms with van der Waals surface area (Å²) in [6.07, 6.45) is 0.724. The molecular formula is C12H8Cl2N2O. The van der Waals surface area contributed by atoms with Crippen molar-refractivity contribution in [2.75, 3.05) is 5.32 Å². The molecule has 0 radical (unpaired) electrons. The predicted octanol–water partition coefficient (Wildman–Crippen LogP) is 3.94. The van der Waals surface area contributed by atoms with Crippen molar-refractivity contribution in [2.24, 2.45) is 0 Å². The van der Waals surface area contributed by atoms with Gasteiger partial charge >= 0.3 is 0 Å². The molecule has 0 saturated heterocycles. The monoisotopic (exact) mass is 266 g/mol. The second-order valence-corrected chi connectivity index (χ2v) is 4.15. The first-order valence-corrected chi connectivity index (χ1v) is 5.59. The van der Waals surface area contributed by atoms with Gasteiger partial charge in [0.05, 0.1) is 5.56 Å². The third kappa shape index (κ3) is 2.96. The number of carbonyl (C=O) groups is 1. The van der Waals surface area contributed by atoms with Crippen molar-refractivity contribution in [2.45, 2.75) is 0 Å². The summed E-state index contributed by atoms with van der Waals surface area (Å²) < 4.78 is 0. The maximum atomic E-state index is 10.8. The van der Waals surface area contributed by atoms with Crippen molar-refractivity contribution >= 4 is 41.0 Å². The molecule has 0 atom stereocenters. The van der Waals surface area contributed by atoms with E-state index >= 15 is 0 Å². The van der Waals surface area contributed by atoms with Gasteiger partial charge in [-0.3, -0.25) is 4.79 Å². The number of anilines is 2. The van der Waals surface area contributed by atoms with Gasteiger partial charge in [-0.15, -0.1) is 0 Å².